The lowest BCUT2D eigenvalue weighted by molar-refractivity contribution is 0.590. The molecule has 4 heteroatoms. The molecule has 2 aromatic heterocycles. The minimum absolute atomic E-state index is 0.0502. The van der Waals surface area contributed by atoms with Gasteiger partial charge in [-0.15, -0.1) is 0 Å². The third kappa shape index (κ3) is 12.5. The lowest BCUT2D eigenvalue weighted by Gasteiger charge is -2.34. The van der Waals surface area contributed by atoms with E-state index < -0.39 is 0 Å². The van der Waals surface area contributed by atoms with Gasteiger partial charge in [-0.1, -0.05) is 308 Å². The molecule has 0 saturated carbocycles. The van der Waals surface area contributed by atoms with E-state index in [1.807, 2.05) is 0 Å². The van der Waals surface area contributed by atoms with E-state index in [1.165, 1.54) is 65.9 Å². The molecule has 0 bridgehead atoms. The molecule has 0 fully saturated rings. The summed E-state index contributed by atoms with van der Waals surface area (Å²) in [6, 6.07) is 123. The largest absolute Gasteiger partial charge is 0.309 e. The quantitative estimate of drug-likeness (QED) is 0.114. The van der Waals surface area contributed by atoms with Crippen LogP contribution in [-0.2, 0) is 21.7 Å². The van der Waals surface area contributed by atoms with Crippen molar-refractivity contribution in [3.63, 3.8) is 0 Å². The lowest BCUT2D eigenvalue weighted by Crippen LogP contribution is -2.16. The van der Waals surface area contributed by atoms with Gasteiger partial charge in [0.1, 0.15) is 0 Å². The summed E-state index contributed by atoms with van der Waals surface area (Å²) >= 11 is 0. The summed E-state index contributed by atoms with van der Waals surface area (Å²) in [6.07, 6.45) is 0. The van der Waals surface area contributed by atoms with E-state index >= 15 is 0 Å². The molecular weight excluding hydrogens is 1260 g/mol. The van der Waals surface area contributed by atoms with Gasteiger partial charge in [-0.05, 0) is 180 Å². The Bertz CT molecular complexity index is 5270. The Balaban J connectivity index is 1.03. The van der Waals surface area contributed by atoms with Gasteiger partial charge in [0.15, 0.2) is 0 Å². The second-order valence-electron chi connectivity index (χ2n) is 32.3. The van der Waals surface area contributed by atoms with E-state index in [1.54, 1.807) is 0 Å². The highest BCUT2D eigenvalue weighted by Gasteiger charge is 2.30. The fraction of sp³-hybridized carbons (Fsp3) is 0.160. The summed E-state index contributed by atoms with van der Waals surface area (Å²) in [5.74, 6) is 0. The number of fused-ring (bicyclic) bond motifs is 6. The molecule has 16 rings (SSSR count). The molecule has 4 nitrogen and oxygen atoms in total. The molecule has 0 atom stereocenters. The van der Waals surface area contributed by atoms with Crippen LogP contribution in [0.4, 0.5) is 34.1 Å². The highest BCUT2D eigenvalue weighted by molar-refractivity contribution is 6.12. The number of nitrogens with zero attached hydrogens (tertiary/aromatic N) is 4. The molecule has 0 unspecified atom stereocenters. The number of rotatable bonds is 13. The van der Waals surface area contributed by atoms with Crippen LogP contribution in [0.25, 0.3) is 111 Å². The Morgan fingerprint density at radius 1 is 0.202 bits per heavy atom. The molecule has 510 valence electrons. The molecule has 0 aliphatic carbocycles. The van der Waals surface area contributed by atoms with E-state index in [9.17, 15) is 0 Å². The fourth-order valence-electron chi connectivity index (χ4n) is 15.4. The molecule has 16 aromatic rings. The van der Waals surface area contributed by atoms with E-state index in [4.69, 9.17) is 0 Å². The summed E-state index contributed by atoms with van der Waals surface area (Å²) in [4.78, 5) is 5.14. The van der Waals surface area contributed by atoms with E-state index in [0.29, 0.717) is 0 Å². The van der Waals surface area contributed by atoms with Crippen molar-refractivity contribution in [3.8, 4) is 67.0 Å². The topological polar surface area (TPSA) is 16.3 Å². The minimum Gasteiger partial charge on any atom is -0.309 e. The van der Waals surface area contributed by atoms with Gasteiger partial charge in [-0.25, -0.2) is 0 Å². The van der Waals surface area contributed by atoms with E-state index in [2.05, 4.69) is 430 Å². The van der Waals surface area contributed by atoms with Gasteiger partial charge in [0.05, 0.1) is 33.4 Å². The summed E-state index contributed by atoms with van der Waals surface area (Å²) in [5.41, 5.74) is 29.0. The molecule has 0 aliphatic heterocycles. The van der Waals surface area contributed by atoms with Crippen LogP contribution >= 0.6 is 0 Å². The fourth-order valence-corrected chi connectivity index (χ4v) is 15.4. The van der Waals surface area contributed by atoms with Crippen molar-refractivity contribution in [2.24, 2.45) is 0 Å². The Morgan fingerprint density at radius 2 is 0.462 bits per heavy atom. The maximum Gasteiger partial charge on any atom is 0.0618 e. The number of benzene rings is 14. The van der Waals surface area contributed by atoms with Gasteiger partial charge in [-0.3, -0.25) is 0 Å². The van der Waals surface area contributed by atoms with Crippen molar-refractivity contribution < 1.29 is 0 Å². The zero-order valence-electron chi connectivity index (χ0n) is 62.0. The van der Waals surface area contributed by atoms with Crippen molar-refractivity contribution in [2.45, 2.75) is 105 Å². The lowest BCUT2D eigenvalue weighted by atomic mass is 9.85. The van der Waals surface area contributed by atoms with Crippen LogP contribution in [0.1, 0.15) is 105 Å². The van der Waals surface area contributed by atoms with E-state index in [0.717, 1.165) is 101 Å². The SMILES string of the molecule is CC(C)(C)c1ccc2c(c1)c1cc(C(C)(C)C)ccc1n2-c1cccc(N(c2cc(-c3ccccc3)cc(N(c3cccc(-n4c5ccc(C(C)(C)C)cc5c5cc(C(C)(C)C)ccc54)c3)c3c(-c4ccccc4)cccc3-c3ccccc3)c2)c2c(-c3ccccc3)cccc2-c2ccccc2)c1. The second-order valence-corrected chi connectivity index (χ2v) is 32.3. The molecule has 14 aromatic carbocycles. The summed E-state index contributed by atoms with van der Waals surface area (Å²) in [5, 5.41) is 5.00. The first-order chi connectivity index (χ1) is 50.1. The van der Waals surface area contributed by atoms with Crippen LogP contribution in [0.15, 0.2) is 328 Å². The van der Waals surface area contributed by atoms with Crippen LogP contribution in [0.3, 0.4) is 0 Å². The summed E-state index contributed by atoms with van der Waals surface area (Å²) in [6.45, 7) is 27.8. The average Bonchev–Trinajstić information content (AvgIpc) is 1.59. The molecule has 0 N–H and O–H groups in total. The highest BCUT2D eigenvalue weighted by Crippen LogP contribution is 2.53. The molecule has 0 aliphatic rings. The standard InChI is InChI=1S/C100H90N4/c1-97(2,3)73-50-54-91-87(60-73)88-61-74(98(4,5)6)51-55-92(88)103(91)79-44-28-42-77(64-79)101(95-83(68-34-20-14-21-35-68)46-30-47-84(95)69-36-22-15-23-37-69)81-58-72(67-32-18-13-19-33-67)59-82(66-81)102(96-85(70-38-24-16-25-39-70)48-31-49-86(96)71-40-26-17-27-41-71)78-43-29-45-80(65-78)104-93-56-52-75(99(7,8)9)62-89(93)90-63-76(100(10,11)12)53-57-94(90)104/h13-66H,1-12H3. The van der Waals surface area contributed by atoms with Gasteiger partial charge in [0.25, 0.3) is 0 Å². The van der Waals surface area contributed by atoms with Crippen molar-refractivity contribution in [1.82, 2.24) is 9.13 Å². The Morgan fingerprint density at radius 3 is 0.731 bits per heavy atom. The van der Waals surface area contributed by atoms with Crippen molar-refractivity contribution >= 4 is 77.7 Å². The van der Waals surface area contributed by atoms with Crippen LogP contribution in [-0.4, -0.2) is 9.13 Å². The third-order valence-electron chi connectivity index (χ3n) is 21.1. The number of aromatic nitrogens is 2. The van der Waals surface area contributed by atoms with Gasteiger partial charge in [0, 0.05) is 77.9 Å². The van der Waals surface area contributed by atoms with Crippen LogP contribution in [0.2, 0.25) is 0 Å². The second kappa shape index (κ2) is 26.3. The first-order valence-electron chi connectivity index (χ1n) is 36.8. The molecule has 0 radical (unpaired) electrons. The smallest absolute Gasteiger partial charge is 0.0618 e. The Kier molecular flexibility index (Phi) is 16.9. The van der Waals surface area contributed by atoms with Gasteiger partial charge >= 0.3 is 0 Å². The van der Waals surface area contributed by atoms with Crippen LogP contribution < -0.4 is 9.80 Å². The molecule has 0 amide bonds. The molecule has 0 spiro atoms. The minimum atomic E-state index is -0.0502. The number of hydrogen-bond donors (Lipinski definition) is 0. The van der Waals surface area contributed by atoms with Crippen LogP contribution in [0.5, 0.6) is 0 Å². The monoisotopic (exact) mass is 1350 g/mol. The normalized spacial score (nSPS) is 12.2. The first kappa shape index (κ1) is 66.8. The van der Waals surface area contributed by atoms with Crippen LogP contribution in [0, 0.1) is 0 Å². The van der Waals surface area contributed by atoms with Crippen molar-refractivity contribution in [2.75, 3.05) is 9.80 Å². The average molecular weight is 1350 g/mol. The zero-order chi connectivity index (χ0) is 71.8. The number of anilines is 6. The summed E-state index contributed by atoms with van der Waals surface area (Å²) in [7, 11) is 0. The van der Waals surface area contributed by atoms with Gasteiger partial charge < -0.3 is 18.9 Å². The van der Waals surface area contributed by atoms with Gasteiger partial charge in [0.2, 0.25) is 0 Å². The van der Waals surface area contributed by atoms with Crippen molar-refractivity contribution in [3.05, 3.63) is 350 Å². The number of hydrogen-bond acceptors (Lipinski definition) is 2. The summed E-state index contributed by atoms with van der Waals surface area (Å²) < 4.78 is 5.01. The van der Waals surface area contributed by atoms with Gasteiger partial charge in [-0.2, -0.15) is 0 Å². The maximum absolute atomic E-state index is 2.57. The Labute approximate surface area is 614 Å². The predicted octanol–water partition coefficient (Wildman–Crippen LogP) is 28.3. The molecular formula is C100H90N4. The van der Waals surface area contributed by atoms with Crippen molar-refractivity contribution in [1.29, 1.82) is 0 Å². The highest BCUT2D eigenvalue weighted by atomic mass is 15.2. The zero-order valence-corrected chi connectivity index (χ0v) is 62.0. The molecule has 0 saturated heterocycles. The maximum atomic E-state index is 2.57. The third-order valence-corrected chi connectivity index (χ3v) is 21.1. The molecule has 104 heavy (non-hydrogen) atoms. The predicted molar refractivity (Wildman–Crippen MR) is 446 cm³/mol. The van der Waals surface area contributed by atoms with E-state index in [-0.39, 0.29) is 21.7 Å². The molecule has 2 heterocycles. The Hall–Kier alpha value is -11.7. The first-order valence-corrected chi connectivity index (χ1v) is 36.8. The number of para-hydroxylation sites is 2.